The molecule has 1 heterocycles. The lowest BCUT2D eigenvalue weighted by Crippen LogP contribution is -2.23. The summed E-state index contributed by atoms with van der Waals surface area (Å²) in [7, 11) is 5.85. The van der Waals surface area contributed by atoms with Crippen molar-refractivity contribution < 1.29 is 4.74 Å². The van der Waals surface area contributed by atoms with Gasteiger partial charge >= 0.3 is 0 Å². The van der Waals surface area contributed by atoms with E-state index in [2.05, 4.69) is 29.4 Å². The third-order valence-electron chi connectivity index (χ3n) is 3.02. The monoisotopic (exact) mass is 238 g/mol. The summed E-state index contributed by atoms with van der Waals surface area (Å²) in [6, 6.07) is 0.705. The van der Waals surface area contributed by atoms with Crippen LogP contribution in [0.2, 0.25) is 0 Å². The number of hydrogen-bond acceptors (Lipinski definition) is 4. The highest BCUT2D eigenvalue weighted by Crippen LogP contribution is 2.22. The molecule has 0 spiro atoms. The van der Waals surface area contributed by atoms with Crippen LogP contribution in [-0.2, 0) is 13.1 Å². The van der Waals surface area contributed by atoms with Crippen molar-refractivity contribution in [2.45, 2.75) is 32.0 Å². The standard InChI is InChI=1S/C12H22N4O/c1-15(2)6-7-16-11(8-13-10-4-5-10)12(17-3)9-14-16/h9-10,13H,4-8H2,1-3H3. The number of methoxy groups -OCH3 is 1. The second kappa shape index (κ2) is 5.51. The largest absolute Gasteiger partial charge is 0.493 e. The minimum atomic E-state index is 0.705. The van der Waals surface area contributed by atoms with Crippen LogP contribution >= 0.6 is 0 Å². The van der Waals surface area contributed by atoms with E-state index in [1.165, 1.54) is 12.8 Å². The van der Waals surface area contributed by atoms with E-state index in [0.717, 1.165) is 31.1 Å². The molecule has 0 atom stereocenters. The summed E-state index contributed by atoms with van der Waals surface area (Å²) in [5, 5.41) is 7.89. The summed E-state index contributed by atoms with van der Waals surface area (Å²) in [6.45, 7) is 2.74. The molecule has 1 aliphatic carbocycles. The molecule has 1 aromatic heterocycles. The van der Waals surface area contributed by atoms with E-state index in [4.69, 9.17) is 4.74 Å². The topological polar surface area (TPSA) is 42.3 Å². The van der Waals surface area contributed by atoms with Crippen LogP contribution in [0.4, 0.5) is 0 Å². The van der Waals surface area contributed by atoms with E-state index in [9.17, 15) is 0 Å². The lowest BCUT2D eigenvalue weighted by Gasteiger charge is -2.13. The zero-order chi connectivity index (χ0) is 12.3. The summed E-state index contributed by atoms with van der Waals surface area (Å²) in [5.74, 6) is 0.886. The molecule has 5 nitrogen and oxygen atoms in total. The molecule has 0 aliphatic heterocycles. The number of likely N-dealkylation sites (N-methyl/N-ethyl adjacent to an activating group) is 1. The summed E-state index contributed by atoms with van der Waals surface area (Å²) < 4.78 is 7.38. The highest BCUT2D eigenvalue weighted by molar-refractivity contribution is 5.25. The van der Waals surface area contributed by atoms with Gasteiger partial charge in [0, 0.05) is 19.1 Å². The Morgan fingerprint density at radius 2 is 2.29 bits per heavy atom. The van der Waals surface area contributed by atoms with Crippen molar-refractivity contribution in [2.75, 3.05) is 27.7 Å². The average Bonchev–Trinajstić information content (AvgIpc) is 3.04. The molecule has 0 aromatic carbocycles. The maximum Gasteiger partial charge on any atom is 0.161 e. The number of ether oxygens (including phenoxy) is 1. The minimum absolute atomic E-state index is 0.705. The van der Waals surface area contributed by atoms with Crippen molar-refractivity contribution in [3.63, 3.8) is 0 Å². The van der Waals surface area contributed by atoms with Gasteiger partial charge in [0.2, 0.25) is 0 Å². The fourth-order valence-corrected chi connectivity index (χ4v) is 1.76. The molecule has 1 aliphatic rings. The highest BCUT2D eigenvalue weighted by Gasteiger charge is 2.22. The van der Waals surface area contributed by atoms with Crippen LogP contribution in [0, 0.1) is 0 Å². The molecule has 1 saturated carbocycles. The van der Waals surface area contributed by atoms with E-state index < -0.39 is 0 Å². The summed E-state index contributed by atoms with van der Waals surface area (Å²) in [4.78, 5) is 2.16. The van der Waals surface area contributed by atoms with Gasteiger partial charge in [0.1, 0.15) is 0 Å². The van der Waals surface area contributed by atoms with Crippen LogP contribution in [0.25, 0.3) is 0 Å². The Balaban J connectivity index is 1.99. The number of nitrogens with zero attached hydrogens (tertiary/aromatic N) is 3. The number of aromatic nitrogens is 2. The Morgan fingerprint density at radius 3 is 2.88 bits per heavy atom. The van der Waals surface area contributed by atoms with Crippen LogP contribution in [0.3, 0.4) is 0 Å². The normalized spacial score (nSPS) is 15.5. The zero-order valence-corrected chi connectivity index (χ0v) is 10.9. The molecular formula is C12H22N4O. The first kappa shape index (κ1) is 12.4. The molecule has 0 bridgehead atoms. The van der Waals surface area contributed by atoms with Gasteiger partial charge in [0.05, 0.1) is 25.5 Å². The van der Waals surface area contributed by atoms with Gasteiger partial charge in [-0.25, -0.2) is 0 Å². The van der Waals surface area contributed by atoms with E-state index in [1.54, 1.807) is 13.3 Å². The van der Waals surface area contributed by atoms with Gasteiger partial charge < -0.3 is 15.0 Å². The van der Waals surface area contributed by atoms with Crippen molar-refractivity contribution in [1.29, 1.82) is 0 Å². The molecule has 17 heavy (non-hydrogen) atoms. The molecule has 0 amide bonds. The van der Waals surface area contributed by atoms with Crippen LogP contribution in [-0.4, -0.2) is 48.5 Å². The van der Waals surface area contributed by atoms with Crippen LogP contribution in [0.15, 0.2) is 6.20 Å². The SMILES string of the molecule is COc1cnn(CCN(C)C)c1CNC1CC1. The predicted molar refractivity (Wildman–Crippen MR) is 67.2 cm³/mol. The maximum absolute atomic E-state index is 5.35. The Hall–Kier alpha value is -1.07. The lowest BCUT2D eigenvalue weighted by atomic mass is 10.3. The van der Waals surface area contributed by atoms with Gasteiger partial charge in [-0.15, -0.1) is 0 Å². The molecule has 5 heteroatoms. The van der Waals surface area contributed by atoms with Crippen molar-refractivity contribution in [1.82, 2.24) is 20.0 Å². The fraction of sp³-hybridized carbons (Fsp3) is 0.750. The summed E-state index contributed by atoms with van der Waals surface area (Å²) >= 11 is 0. The number of nitrogens with one attached hydrogen (secondary N) is 1. The van der Waals surface area contributed by atoms with Gasteiger partial charge in [-0.2, -0.15) is 5.10 Å². The first-order valence-electron chi connectivity index (χ1n) is 6.17. The van der Waals surface area contributed by atoms with E-state index in [1.807, 2.05) is 4.68 Å². The third kappa shape index (κ3) is 3.44. The second-order valence-electron chi connectivity index (χ2n) is 4.84. The van der Waals surface area contributed by atoms with Crippen LogP contribution < -0.4 is 10.1 Å². The molecule has 1 fully saturated rings. The van der Waals surface area contributed by atoms with E-state index in [-0.39, 0.29) is 0 Å². The Morgan fingerprint density at radius 1 is 1.53 bits per heavy atom. The highest BCUT2D eigenvalue weighted by atomic mass is 16.5. The Kier molecular flexibility index (Phi) is 4.02. The van der Waals surface area contributed by atoms with Crippen LogP contribution in [0.1, 0.15) is 18.5 Å². The zero-order valence-electron chi connectivity index (χ0n) is 10.9. The number of hydrogen-bond donors (Lipinski definition) is 1. The second-order valence-corrected chi connectivity index (χ2v) is 4.84. The van der Waals surface area contributed by atoms with Gasteiger partial charge in [-0.05, 0) is 26.9 Å². The third-order valence-corrected chi connectivity index (χ3v) is 3.02. The quantitative estimate of drug-likeness (QED) is 0.759. The lowest BCUT2D eigenvalue weighted by molar-refractivity contribution is 0.363. The van der Waals surface area contributed by atoms with Gasteiger partial charge in [-0.1, -0.05) is 0 Å². The summed E-state index contributed by atoms with van der Waals surface area (Å²) in [6.07, 6.45) is 4.40. The van der Waals surface area contributed by atoms with Gasteiger partial charge in [0.15, 0.2) is 5.75 Å². The van der Waals surface area contributed by atoms with Crippen LogP contribution in [0.5, 0.6) is 5.75 Å². The van der Waals surface area contributed by atoms with Gasteiger partial charge in [0.25, 0.3) is 0 Å². The molecule has 1 aromatic rings. The first-order valence-corrected chi connectivity index (χ1v) is 6.17. The number of rotatable bonds is 7. The minimum Gasteiger partial charge on any atom is -0.493 e. The van der Waals surface area contributed by atoms with Crippen molar-refractivity contribution in [3.8, 4) is 5.75 Å². The molecular weight excluding hydrogens is 216 g/mol. The van der Waals surface area contributed by atoms with Gasteiger partial charge in [-0.3, -0.25) is 4.68 Å². The molecule has 0 unspecified atom stereocenters. The van der Waals surface area contributed by atoms with E-state index >= 15 is 0 Å². The molecule has 0 saturated heterocycles. The smallest absolute Gasteiger partial charge is 0.161 e. The fourth-order valence-electron chi connectivity index (χ4n) is 1.76. The molecule has 96 valence electrons. The van der Waals surface area contributed by atoms with Crippen molar-refractivity contribution >= 4 is 0 Å². The Bertz CT molecular complexity index is 357. The first-order chi connectivity index (χ1) is 8.20. The van der Waals surface area contributed by atoms with E-state index in [0.29, 0.717) is 6.04 Å². The average molecular weight is 238 g/mol. The van der Waals surface area contributed by atoms with Crippen molar-refractivity contribution in [3.05, 3.63) is 11.9 Å². The predicted octanol–water partition coefficient (Wildman–Crippen LogP) is 0.705. The molecule has 2 rings (SSSR count). The molecule has 0 radical (unpaired) electrons. The Labute approximate surface area is 103 Å². The maximum atomic E-state index is 5.35. The van der Waals surface area contributed by atoms with Crippen molar-refractivity contribution in [2.24, 2.45) is 0 Å². The molecule has 1 N–H and O–H groups in total. The summed E-state index contributed by atoms with van der Waals surface area (Å²) in [5.41, 5.74) is 1.15.